The van der Waals surface area contributed by atoms with Gasteiger partial charge in [0, 0.05) is 12.1 Å². The van der Waals surface area contributed by atoms with Crippen molar-refractivity contribution in [1.82, 2.24) is 15.6 Å². The van der Waals surface area contributed by atoms with Gasteiger partial charge in [0.1, 0.15) is 16.8 Å². The van der Waals surface area contributed by atoms with Gasteiger partial charge in [-0.2, -0.15) is 0 Å². The Hall–Kier alpha value is -1.67. The summed E-state index contributed by atoms with van der Waals surface area (Å²) >= 11 is 1.68. The maximum absolute atomic E-state index is 12.8. The fraction of sp³-hybridized carbons (Fsp3) is 0.500. The van der Waals surface area contributed by atoms with E-state index in [4.69, 9.17) is 14.5 Å². The number of amides is 1. The van der Waals surface area contributed by atoms with Crippen molar-refractivity contribution in [1.29, 1.82) is 0 Å². The number of benzene rings is 1. The van der Waals surface area contributed by atoms with Gasteiger partial charge in [-0.25, -0.2) is 4.98 Å². The van der Waals surface area contributed by atoms with Crippen LogP contribution in [0.3, 0.4) is 0 Å². The molecule has 1 amide bonds. The molecule has 0 radical (unpaired) electrons. The molecule has 1 saturated heterocycles. The van der Waals surface area contributed by atoms with Crippen LogP contribution in [0.15, 0.2) is 24.3 Å². The Morgan fingerprint density at radius 3 is 2.86 bits per heavy atom. The molecule has 1 aromatic carbocycles. The predicted molar refractivity (Wildman–Crippen MR) is 112 cm³/mol. The summed E-state index contributed by atoms with van der Waals surface area (Å²) in [5.41, 5.74) is 2.19. The van der Waals surface area contributed by atoms with Crippen molar-refractivity contribution in [2.24, 2.45) is 0 Å². The van der Waals surface area contributed by atoms with Crippen molar-refractivity contribution in [2.45, 2.75) is 44.4 Å². The second-order valence-corrected chi connectivity index (χ2v) is 8.05. The summed E-state index contributed by atoms with van der Waals surface area (Å²) in [5.74, 6) is 0.848. The molecule has 4 rings (SSSR count). The molecule has 1 unspecified atom stereocenters. The fourth-order valence-electron chi connectivity index (χ4n) is 3.70. The Kier molecular flexibility index (Phi) is 6.93. The number of halogens is 1. The van der Waals surface area contributed by atoms with Gasteiger partial charge in [0.05, 0.1) is 36.4 Å². The molecule has 152 valence electrons. The Balaban J connectivity index is 0.00000225. The lowest BCUT2D eigenvalue weighted by molar-refractivity contribution is -0.129. The average molecular weight is 424 g/mol. The second kappa shape index (κ2) is 9.22. The molecule has 2 aromatic rings. The van der Waals surface area contributed by atoms with Crippen molar-refractivity contribution >= 4 is 29.7 Å². The molecule has 2 N–H and O–H groups in total. The van der Waals surface area contributed by atoms with Gasteiger partial charge in [-0.1, -0.05) is 0 Å². The standard InChI is InChI=1S/C20H25N3O3S.ClH/c1-12-17(21-10-11-26-12)19(24)22-15-4-3-5-16-18(15)27-20(23-16)13-6-8-14(25-2)9-7-13;/h6-9,12,15,17,21H,3-5,10-11H2,1-2H3,(H,22,24);1H/t12-,15?,17+;/m1./s1. The zero-order valence-corrected chi connectivity index (χ0v) is 17.7. The third-order valence-corrected chi connectivity index (χ3v) is 6.46. The van der Waals surface area contributed by atoms with Crippen LogP contribution < -0.4 is 15.4 Å². The lowest BCUT2D eigenvalue weighted by Crippen LogP contribution is -2.56. The minimum Gasteiger partial charge on any atom is -0.497 e. The van der Waals surface area contributed by atoms with E-state index in [1.54, 1.807) is 18.4 Å². The first-order chi connectivity index (χ1) is 13.2. The number of hydrogen-bond acceptors (Lipinski definition) is 6. The van der Waals surface area contributed by atoms with Crippen LogP contribution in [0.2, 0.25) is 0 Å². The number of hydrogen-bond donors (Lipinski definition) is 2. The molecule has 1 aliphatic heterocycles. The number of aromatic nitrogens is 1. The van der Waals surface area contributed by atoms with Crippen LogP contribution in [0.4, 0.5) is 0 Å². The molecule has 6 nitrogen and oxygen atoms in total. The number of thiazole rings is 1. The Morgan fingerprint density at radius 2 is 2.14 bits per heavy atom. The summed E-state index contributed by atoms with van der Waals surface area (Å²) in [6.45, 7) is 3.30. The summed E-state index contributed by atoms with van der Waals surface area (Å²) in [4.78, 5) is 18.8. The third kappa shape index (κ3) is 4.33. The highest BCUT2D eigenvalue weighted by Crippen LogP contribution is 2.38. The van der Waals surface area contributed by atoms with Crippen LogP contribution >= 0.6 is 23.7 Å². The van der Waals surface area contributed by atoms with Crippen molar-refractivity contribution in [3.63, 3.8) is 0 Å². The summed E-state index contributed by atoms with van der Waals surface area (Å²) in [6.07, 6.45) is 2.84. The summed E-state index contributed by atoms with van der Waals surface area (Å²) in [6, 6.07) is 7.69. The highest BCUT2D eigenvalue weighted by Gasteiger charge is 2.32. The molecular weight excluding hydrogens is 398 g/mol. The normalized spacial score (nSPS) is 24.0. The first-order valence-corrected chi connectivity index (χ1v) is 10.3. The van der Waals surface area contributed by atoms with Gasteiger partial charge in [-0.3, -0.25) is 4.79 Å². The van der Waals surface area contributed by atoms with E-state index < -0.39 is 0 Å². The number of nitrogens with zero attached hydrogens (tertiary/aromatic N) is 1. The molecule has 1 aromatic heterocycles. The summed E-state index contributed by atoms with van der Waals surface area (Å²) in [7, 11) is 1.66. The smallest absolute Gasteiger partial charge is 0.240 e. The van der Waals surface area contributed by atoms with Crippen molar-refractivity contribution in [3.05, 3.63) is 34.8 Å². The van der Waals surface area contributed by atoms with Gasteiger partial charge >= 0.3 is 0 Å². The van der Waals surface area contributed by atoms with Crippen LogP contribution in [0.1, 0.15) is 36.4 Å². The van der Waals surface area contributed by atoms with Crippen LogP contribution in [-0.2, 0) is 16.0 Å². The van der Waals surface area contributed by atoms with E-state index >= 15 is 0 Å². The number of carbonyl (C=O) groups excluding carboxylic acids is 1. The van der Waals surface area contributed by atoms with Crippen LogP contribution in [0.25, 0.3) is 10.6 Å². The van der Waals surface area contributed by atoms with Gasteiger partial charge in [-0.05, 0) is 50.5 Å². The molecule has 8 heteroatoms. The lowest BCUT2D eigenvalue weighted by atomic mass is 9.97. The molecule has 1 fully saturated rings. The molecule has 2 aliphatic rings. The van der Waals surface area contributed by atoms with Gasteiger partial charge in [0.25, 0.3) is 0 Å². The number of nitrogens with one attached hydrogen (secondary N) is 2. The van der Waals surface area contributed by atoms with Gasteiger partial charge in [0.2, 0.25) is 5.91 Å². The Morgan fingerprint density at radius 1 is 1.36 bits per heavy atom. The van der Waals surface area contributed by atoms with E-state index in [1.165, 1.54) is 4.88 Å². The molecule has 0 saturated carbocycles. The highest BCUT2D eigenvalue weighted by atomic mass is 35.5. The van der Waals surface area contributed by atoms with E-state index in [9.17, 15) is 4.79 Å². The number of aryl methyl sites for hydroxylation is 1. The monoisotopic (exact) mass is 423 g/mol. The average Bonchev–Trinajstić information content (AvgIpc) is 3.14. The molecule has 0 spiro atoms. The van der Waals surface area contributed by atoms with Crippen molar-refractivity contribution < 1.29 is 14.3 Å². The number of morpholine rings is 1. The van der Waals surface area contributed by atoms with E-state index in [2.05, 4.69) is 10.6 Å². The minimum absolute atomic E-state index is 0. The first kappa shape index (κ1) is 21.0. The van der Waals surface area contributed by atoms with Crippen LogP contribution in [0, 0.1) is 0 Å². The largest absolute Gasteiger partial charge is 0.497 e. The lowest BCUT2D eigenvalue weighted by Gasteiger charge is -2.31. The van der Waals surface area contributed by atoms with Crippen molar-refractivity contribution in [3.8, 4) is 16.3 Å². The Labute approximate surface area is 175 Å². The molecule has 0 bridgehead atoms. The molecule has 28 heavy (non-hydrogen) atoms. The van der Waals surface area contributed by atoms with Crippen LogP contribution in [-0.4, -0.2) is 43.3 Å². The number of ether oxygens (including phenoxy) is 2. The topological polar surface area (TPSA) is 72.5 Å². The number of carbonyl (C=O) groups is 1. The first-order valence-electron chi connectivity index (χ1n) is 9.45. The quantitative estimate of drug-likeness (QED) is 0.790. The summed E-state index contributed by atoms with van der Waals surface area (Å²) < 4.78 is 10.8. The van der Waals surface area contributed by atoms with E-state index in [0.717, 1.165) is 41.3 Å². The van der Waals surface area contributed by atoms with Gasteiger partial charge in [0.15, 0.2) is 0 Å². The molecule has 2 heterocycles. The zero-order chi connectivity index (χ0) is 18.8. The zero-order valence-electron chi connectivity index (χ0n) is 16.1. The number of methoxy groups -OCH3 is 1. The second-order valence-electron chi connectivity index (χ2n) is 7.02. The Bertz CT molecular complexity index is 812. The summed E-state index contributed by atoms with van der Waals surface area (Å²) in [5, 5.41) is 7.49. The van der Waals surface area contributed by atoms with E-state index in [-0.39, 0.29) is 36.5 Å². The van der Waals surface area contributed by atoms with E-state index in [0.29, 0.717) is 13.2 Å². The maximum atomic E-state index is 12.8. The van der Waals surface area contributed by atoms with E-state index in [1.807, 2.05) is 31.2 Å². The third-order valence-electron chi connectivity index (χ3n) is 5.20. The number of rotatable bonds is 4. The van der Waals surface area contributed by atoms with Gasteiger partial charge < -0.3 is 20.1 Å². The molecule has 1 aliphatic carbocycles. The highest BCUT2D eigenvalue weighted by molar-refractivity contribution is 7.15. The predicted octanol–water partition coefficient (Wildman–Crippen LogP) is 3.11. The SMILES string of the molecule is COc1ccc(-c2nc3c(s2)C(NC(=O)[C@H]2NCCO[C@@H]2C)CCC3)cc1.Cl. The van der Waals surface area contributed by atoms with Gasteiger partial charge in [-0.15, -0.1) is 23.7 Å². The minimum atomic E-state index is -0.293. The van der Waals surface area contributed by atoms with Crippen molar-refractivity contribution in [2.75, 3.05) is 20.3 Å². The molecule has 3 atom stereocenters. The van der Waals surface area contributed by atoms with Crippen LogP contribution in [0.5, 0.6) is 5.75 Å². The number of fused-ring (bicyclic) bond motifs is 1. The maximum Gasteiger partial charge on any atom is 0.240 e. The molecular formula is C20H26ClN3O3S. The fourth-order valence-corrected chi connectivity index (χ4v) is 4.91.